The van der Waals surface area contributed by atoms with E-state index in [9.17, 15) is 4.79 Å². The first-order valence-electron chi connectivity index (χ1n) is 5.01. The molecule has 0 fully saturated rings. The summed E-state index contributed by atoms with van der Waals surface area (Å²) in [6.07, 6.45) is 0.201. The highest BCUT2D eigenvalue weighted by Gasteiger charge is 2.16. The van der Waals surface area contributed by atoms with Crippen LogP contribution in [0.4, 0.5) is 0 Å². The number of carbonyl (C=O) groups is 1. The molecule has 0 aliphatic carbocycles. The lowest BCUT2D eigenvalue weighted by atomic mass is 10.0. The van der Waals surface area contributed by atoms with Crippen molar-refractivity contribution in [3.8, 4) is 11.8 Å². The Morgan fingerprint density at radius 3 is 2.94 bits per heavy atom. The second-order valence-electron chi connectivity index (χ2n) is 3.30. The fourth-order valence-corrected chi connectivity index (χ4v) is 1.35. The number of hydrogen-bond donors (Lipinski definition) is 1. The topological polar surface area (TPSA) is 70.3 Å². The second kappa shape index (κ2) is 5.76. The van der Waals surface area contributed by atoms with Crippen LogP contribution in [0.2, 0.25) is 0 Å². The monoisotopic (exact) mass is 219 g/mol. The van der Waals surface area contributed by atoms with Gasteiger partial charge in [-0.1, -0.05) is 12.1 Å². The van der Waals surface area contributed by atoms with Crippen molar-refractivity contribution < 1.29 is 14.6 Å². The van der Waals surface area contributed by atoms with E-state index in [1.807, 2.05) is 6.92 Å². The van der Waals surface area contributed by atoms with Crippen LogP contribution in [0, 0.1) is 17.2 Å². The number of aliphatic carboxylic acids is 1. The summed E-state index contributed by atoms with van der Waals surface area (Å²) in [6, 6.07) is 8.90. The predicted octanol–water partition coefficient (Wildman–Crippen LogP) is 1.85. The van der Waals surface area contributed by atoms with Crippen molar-refractivity contribution in [2.24, 2.45) is 5.92 Å². The summed E-state index contributed by atoms with van der Waals surface area (Å²) in [5.41, 5.74) is 0.792. The minimum absolute atomic E-state index is 0.201. The van der Waals surface area contributed by atoms with Crippen molar-refractivity contribution in [3.05, 3.63) is 29.8 Å². The van der Waals surface area contributed by atoms with Gasteiger partial charge >= 0.3 is 5.97 Å². The van der Waals surface area contributed by atoms with E-state index in [1.54, 1.807) is 30.3 Å². The zero-order chi connectivity index (χ0) is 12.0. The summed E-state index contributed by atoms with van der Waals surface area (Å²) in [7, 11) is 0. The van der Waals surface area contributed by atoms with Gasteiger partial charge in [-0.15, -0.1) is 0 Å². The standard InChI is InChI=1S/C12H13NO3/c1-2-16-11-5-3-4-9(7-11)6-10(8-13)12(14)15/h3-5,7,10H,2,6H2,1H3,(H,14,15). The summed E-state index contributed by atoms with van der Waals surface area (Å²) in [4.78, 5) is 10.7. The van der Waals surface area contributed by atoms with Crippen molar-refractivity contribution in [1.82, 2.24) is 0 Å². The van der Waals surface area contributed by atoms with E-state index < -0.39 is 11.9 Å². The van der Waals surface area contributed by atoms with E-state index in [1.165, 1.54) is 0 Å². The van der Waals surface area contributed by atoms with Crippen LogP contribution < -0.4 is 4.74 Å². The Balaban J connectivity index is 2.77. The first kappa shape index (κ1) is 12.1. The normalized spacial score (nSPS) is 11.5. The smallest absolute Gasteiger partial charge is 0.321 e. The van der Waals surface area contributed by atoms with Gasteiger partial charge in [0.15, 0.2) is 0 Å². The molecule has 0 bridgehead atoms. The molecule has 1 unspecified atom stereocenters. The molecule has 0 spiro atoms. The highest BCUT2D eigenvalue weighted by molar-refractivity contribution is 5.73. The molecule has 0 aromatic heterocycles. The molecular formula is C12H13NO3. The molecule has 16 heavy (non-hydrogen) atoms. The van der Waals surface area contributed by atoms with Crippen molar-refractivity contribution in [3.63, 3.8) is 0 Å². The molecule has 4 heteroatoms. The summed E-state index contributed by atoms with van der Waals surface area (Å²) in [6.45, 7) is 2.44. The van der Waals surface area contributed by atoms with Gasteiger partial charge in [0.2, 0.25) is 0 Å². The molecule has 0 amide bonds. The third kappa shape index (κ3) is 3.28. The van der Waals surface area contributed by atoms with Gasteiger partial charge in [-0.3, -0.25) is 4.79 Å². The molecule has 0 aliphatic rings. The Morgan fingerprint density at radius 1 is 1.62 bits per heavy atom. The summed E-state index contributed by atoms with van der Waals surface area (Å²) < 4.78 is 5.29. The van der Waals surface area contributed by atoms with E-state index in [-0.39, 0.29) is 6.42 Å². The number of carboxylic acids is 1. The van der Waals surface area contributed by atoms with Crippen LogP contribution in [-0.4, -0.2) is 17.7 Å². The number of benzene rings is 1. The fourth-order valence-electron chi connectivity index (χ4n) is 1.35. The Morgan fingerprint density at radius 2 is 2.38 bits per heavy atom. The fraction of sp³-hybridized carbons (Fsp3) is 0.333. The molecule has 84 valence electrons. The van der Waals surface area contributed by atoms with E-state index in [0.29, 0.717) is 12.4 Å². The van der Waals surface area contributed by atoms with E-state index >= 15 is 0 Å². The molecule has 1 aromatic rings. The average molecular weight is 219 g/mol. The molecule has 0 saturated heterocycles. The van der Waals surface area contributed by atoms with Crippen molar-refractivity contribution in [2.75, 3.05) is 6.61 Å². The largest absolute Gasteiger partial charge is 0.494 e. The van der Waals surface area contributed by atoms with Gasteiger partial charge in [-0.05, 0) is 31.0 Å². The highest BCUT2D eigenvalue weighted by Crippen LogP contribution is 2.16. The Hall–Kier alpha value is -2.02. The Kier molecular flexibility index (Phi) is 4.34. The number of hydrogen-bond acceptors (Lipinski definition) is 3. The molecule has 0 aliphatic heterocycles. The lowest BCUT2D eigenvalue weighted by Gasteiger charge is -2.07. The third-order valence-electron chi connectivity index (χ3n) is 2.10. The van der Waals surface area contributed by atoms with Crippen LogP contribution in [-0.2, 0) is 11.2 Å². The summed E-state index contributed by atoms with van der Waals surface area (Å²) in [5, 5.41) is 17.4. The Labute approximate surface area is 94.1 Å². The number of nitriles is 1. The van der Waals surface area contributed by atoms with Gasteiger partial charge < -0.3 is 9.84 Å². The van der Waals surface area contributed by atoms with E-state index in [2.05, 4.69) is 0 Å². The number of rotatable bonds is 5. The maximum Gasteiger partial charge on any atom is 0.321 e. The van der Waals surface area contributed by atoms with Gasteiger partial charge in [-0.2, -0.15) is 5.26 Å². The van der Waals surface area contributed by atoms with Crippen molar-refractivity contribution in [2.45, 2.75) is 13.3 Å². The van der Waals surface area contributed by atoms with Crippen LogP contribution in [0.15, 0.2) is 24.3 Å². The van der Waals surface area contributed by atoms with Crippen LogP contribution in [0.3, 0.4) is 0 Å². The lowest BCUT2D eigenvalue weighted by Crippen LogP contribution is -2.14. The minimum atomic E-state index is -1.09. The first-order chi connectivity index (χ1) is 7.67. The molecule has 1 aromatic carbocycles. The van der Waals surface area contributed by atoms with E-state index in [4.69, 9.17) is 15.1 Å². The van der Waals surface area contributed by atoms with Gasteiger partial charge in [0, 0.05) is 0 Å². The molecule has 4 nitrogen and oxygen atoms in total. The maximum absolute atomic E-state index is 10.7. The van der Waals surface area contributed by atoms with Crippen LogP contribution in [0.25, 0.3) is 0 Å². The highest BCUT2D eigenvalue weighted by atomic mass is 16.5. The zero-order valence-corrected chi connectivity index (χ0v) is 9.01. The molecule has 0 radical (unpaired) electrons. The van der Waals surface area contributed by atoms with Crippen LogP contribution in [0.5, 0.6) is 5.75 Å². The van der Waals surface area contributed by atoms with Crippen LogP contribution in [0.1, 0.15) is 12.5 Å². The first-order valence-corrected chi connectivity index (χ1v) is 5.01. The minimum Gasteiger partial charge on any atom is -0.494 e. The van der Waals surface area contributed by atoms with E-state index in [0.717, 1.165) is 5.56 Å². The zero-order valence-electron chi connectivity index (χ0n) is 9.01. The van der Waals surface area contributed by atoms with Gasteiger partial charge in [0.25, 0.3) is 0 Å². The molecular weight excluding hydrogens is 206 g/mol. The Bertz CT molecular complexity index is 409. The molecule has 1 atom stereocenters. The molecule has 0 heterocycles. The van der Waals surface area contributed by atoms with Gasteiger partial charge in [0.05, 0.1) is 12.7 Å². The number of nitrogens with zero attached hydrogens (tertiary/aromatic N) is 1. The number of carboxylic acid groups (broad SMARTS) is 1. The second-order valence-corrected chi connectivity index (χ2v) is 3.30. The average Bonchev–Trinajstić information content (AvgIpc) is 2.26. The van der Waals surface area contributed by atoms with Crippen molar-refractivity contribution >= 4 is 5.97 Å². The number of ether oxygens (including phenoxy) is 1. The summed E-state index contributed by atoms with van der Waals surface area (Å²) >= 11 is 0. The van der Waals surface area contributed by atoms with Crippen molar-refractivity contribution in [1.29, 1.82) is 5.26 Å². The maximum atomic E-state index is 10.7. The molecule has 1 N–H and O–H groups in total. The van der Waals surface area contributed by atoms with Gasteiger partial charge in [0.1, 0.15) is 11.7 Å². The molecule has 1 rings (SSSR count). The quantitative estimate of drug-likeness (QED) is 0.820. The third-order valence-corrected chi connectivity index (χ3v) is 2.10. The SMILES string of the molecule is CCOc1cccc(CC(C#N)C(=O)O)c1. The molecule has 0 saturated carbocycles. The van der Waals surface area contributed by atoms with Gasteiger partial charge in [-0.25, -0.2) is 0 Å². The predicted molar refractivity (Wildman–Crippen MR) is 58.1 cm³/mol. The lowest BCUT2D eigenvalue weighted by molar-refractivity contribution is -0.139. The van der Waals surface area contributed by atoms with Crippen LogP contribution >= 0.6 is 0 Å². The summed E-state index contributed by atoms with van der Waals surface area (Å²) in [5.74, 6) is -1.40.